The summed E-state index contributed by atoms with van der Waals surface area (Å²) in [5.74, 6) is 0. The van der Waals surface area contributed by atoms with Crippen molar-refractivity contribution in [3.8, 4) is 10.6 Å². The van der Waals surface area contributed by atoms with E-state index in [1.54, 1.807) is 4.57 Å². The lowest BCUT2D eigenvalue weighted by Gasteiger charge is -2.13. The molecule has 1 atom stereocenters. The average molecular weight is 306 g/mol. The molecule has 2 aromatic heterocycles. The van der Waals surface area contributed by atoms with Crippen LogP contribution >= 0.6 is 11.3 Å². The summed E-state index contributed by atoms with van der Waals surface area (Å²) in [6.45, 7) is 7.15. The molecule has 0 saturated carbocycles. The summed E-state index contributed by atoms with van der Waals surface area (Å²) in [6, 6.07) is 3.90. The van der Waals surface area contributed by atoms with E-state index in [0.29, 0.717) is 10.6 Å². The van der Waals surface area contributed by atoms with Gasteiger partial charge in [-0.25, -0.2) is 0 Å². The molecular weight excluding hydrogens is 284 g/mol. The van der Waals surface area contributed by atoms with Gasteiger partial charge in [-0.1, -0.05) is 31.6 Å². The summed E-state index contributed by atoms with van der Waals surface area (Å²) in [5.41, 5.74) is 0.627. The molecule has 2 heterocycles. The van der Waals surface area contributed by atoms with E-state index in [0.717, 1.165) is 30.9 Å². The molecule has 21 heavy (non-hydrogen) atoms. The van der Waals surface area contributed by atoms with Crippen LogP contribution in [0.15, 0.2) is 23.1 Å². The highest BCUT2D eigenvalue weighted by molar-refractivity contribution is 7.18. The monoisotopic (exact) mass is 306 g/mol. The highest BCUT2D eigenvalue weighted by Crippen LogP contribution is 2.24. The first-order chi connectivity index (χ1) is 10.2. The minimum Gasteiger partial charge on any atom is -0.360 e. The summed E-state index contributed by atoms with van der Waals surface area (Å²) in [7, 11) is 0. The van der Waals surface area contributed by atoms with Gasteiger partial charge in [-0.05, 0) is 31.9 Å². The zero-order valence-electron chi connectivity index (χ0n) is 12.8. The number of rotatable bonds is 7. The third-order valence-electron chi connectivity index (χ3n) is 3.50. The van der Waals surface area contributed by atoms with Crippen molar-refractivity contribution in [1.29, 1.82) is 0 Å². The summed E-state index contributed by atoms with van der Waals surface area (Å²) in [5, 5.41) is 12.9. The van der Waals surface area contributed by atoms with E-state index >= 15 is 0 Å². The van der Waals surface area contributed by atoms with Gasteiger partial charge >= 0.3 is 0 Å². The van der Waals surface area contributed by atoms with E-state index < -0.39 is 0 Å². The van der Waals surface area contributed by atoms with Crippen molar-refractivity contribution in [2.24, 2.45) is 0 Å². The number of hydrogen-bond acceptors (Lipinski definition) is 5. The largest absolute Gasteiger partial charge is 0.360 e. The van der Waals surface area contributed by atoms with Gasteiger partial charge in [-0.15, -0.1) is 10.2 Å². The van der Waals surface area contributed by atoms with Crippen LogP contribution in [-0.2, 0) is 0 Å². The van der Waals surface area contributed by atoms with Crippen LogP contribution in [-0.4, -0.2) is 21.3 Å². The predicted octanol–water partition coefficient (Wildman–Crippen LogP) is 3.55. The Bertz CT molecular complexity index is 635. The van der Waals surface area contributed by atoms with E-state index in [1.165, 1.54) is 11.3 Å². The zero-order chi connectivity index (χ0) is 15.2. The van der Waals surface area contributed by atoms with Crippen molar-refractivity contribution < 1.29 is 0 Å². The molecule has 0 aliphatic rings. The second kappa shape index (κ2) is 7.36. The maximum Gasteiger partial charge on any atom is 0.261 e. The van der Waals surface area contributed by atoms with Gasteiger partial charge in [-0.3, -0.25) is 4.79 Å². The molecule has 0 radical (unpaired) electrons. The third kappa shape index (κ3) is 3.69. The first-order valence-electron chi connectivity index (χ1n) is 7.46. The Morgan fingerprint density at radius 2 is 2.19 bits per heavy atom. The molecule has 2 rings (SSSR count). The highest BCUT2D eigenvalue weighted by Gasteiger charge is 2.13. The number of unbranched alkanes of at least 4 members (excludes halogenated alkanes) is 1. The highest BCUT2D eigenvalue weighted by atomic mass is 32.1. The normalized spacial score (nSPS) is 12.3. The Hall–Kier alpha value is -1.69. The second-order valence-electron chi connectivity index (χ2n) is 5.08. The van der Waals surface area contributed by atoms with Gasteiger partial charge in [0.05, 0.1) is 5.56 Å². The zero-order valence-corrected chi connectivity index (χ0v) is 13.6. The lowest BCUT2D eigenvalue weighted by atomic mass is 10.2. The molecule has 1 unspecified atom stereocenters. The van der Waals surface area contributed by atoms with Gasteiger partial charge in [0, 0.05) is 18.8 Å². The number of nitrogens with zero attached hydrogens (tertiary/aromatic N) is 3. The molecule has 2 aromatic rings. The molecule has 0 fully saturated rings. The van der Waals surface area contributed by atoms with Crippen LogP contribution in [0.25, 0.3) is 10.6 Å². The minimum absolute atomic E-state index is 0.00288. The molecule has 0 bridgehead atoms. The maximum atomic E-state index is 12.5. The number of aromatic nitrogens is 3. The topological polar surface area (TPSA) is 59.8 Å². The van der Waals surface area contributed by atoms with Crippen molar-refractivity contribution >= 4 is 16.5 Å². The van der Waals surface area contributed by atoms with Gasteiger partial charge in [0.25, 0.3) is 5.56 Å². The third-order valence-corrected chi connectivity index (χ3v) is 4.42. The van der Waals surface area contributed by atoms with Crippen molar-refractivity contribution in [1.82, 2.24) is 14.8 Å². The molecule has 0 amide bonds. The fraction of sp³-hybridized carbons (Fsp3) is 0.533. The minimum atomic E-state index is 0.00288. The second-order valence-corrected chi connectivity index (χ2v) is 6.06. The van der Waals surface area contributed by atoms with E-state index in [2.05, 4.69) is 29.4 Å². The van der Waals surface area contributed by atoms with Crippen molar-refractivity contribution in [2.75, 3.05) is 11.9 Å². The van der Waals surface area contributed by atoms with Crippen molar-refractivity contribution in [3.05, 3.63) is 28.7 Å². The van der Waals surface area contributed by atoms with E-state index in [4.69, 9.17) is 0 Å². The number of nitrogens with one attached hydrogen (secondary N) is 1. The quantitative estimate of drug-likeness (QED) is 0.795. The molecular formula is C15H22N4OS. The lowest BCUT2D eigenvalue weighted by molar-refractivity contribution is 0.515. The van der Waals surface area contributed by atoms with Gasteiger partial charge in [0.2, 0.25) is 5.13 Å². The fourth-order valence-corrected chi connectivity index (χ4v) is 2.78. The smallest absolute Gasteiger partial charge is 0.261 e. The van der Waals surface area contributed by atoms with Gasteiger partial charge in [0.1, 0.15) is 0 Å². The Kier molecular flexibility index (Phi) is 5.50. The van der Waals surface area contributed by atoms with Gasteiger partial charge in [0.15, 0.2) is 5.01 Å². The van der Waals surface area contributed by atoms with Crippen molar-refractivity contribution in [2.45, 2.75) is 46.1 Å². The van der Waals surface area contributed by atoms with Crippen molar-refractivity contribution in [3.63, 3.8) is 0 Å². The van der Waals surface area contributed by atoms with Crippen LogP contribution in [0.4, 0.5) is 5.13 Å². The summed E-state index contributed by atoms with van der Waals surface area (Å²) in [6.07, 6.45) is 4.99. The molecule has 6 heteroatoms. The summed E-state index contributed by atoms with van der Waals surface area (Å²) < 4.78 is 1.76. The molecule has 5 nitrogen and oxygen atoms in total. The standard InChI is InChI=1S/C15H22N4OS/c1-4-6-9-16-15-18-17-13(21-15)12-8-7-10-19(14(12)20)11(3)5-2/h7-8,10-11H,4-6,9H2,1-3H3,(H,16,18). The molecule has 1 N–H and O–H groups in total. The SMILES string of the molecule is CCCCNc1nnc(-c2cccn(C(C)CC)c2=O)s1. The number of anilines is 1. The fourth-order valence-electron chi connectivity index (χ4n) is 1.99. The van der Waals surface area contributed by atoms with E-state index in [-0.39, 0.29) is 11.6 Å². The van der Waals surface area contributed by atoms with Crippen LogP contribution in [0.5, 0.6) is 0 Å². The first-order valence-corrected chi connectivity index (χ1v) is 8.27. The molecule has 0 aliphatic carbocycles. The van der Waals surface area contributed by atoms with E-state index in [9.17, 15) is 4.79 Å². The number of pyridine rings is 1. The maximum absolute atomic E-state index is 12.5. The summed E-state index contributed by atoms with van der Waals surface area (Å²) >= 11 is 1.43. The van der Waals surface area contributed by atoms with Crippen LogP contribution in [0, 0.1) is 0 Å². The molecule has 0 spiro atoms. The molecule has 0 aliphatic heterocycles. The average Bonchev–Trinajstić information content (AvgIpc) is 2.95. The van der Waals surface area contributed by atoms with Crippen LogP contribution in [0.3, 0.4) is 0 Å². The first kappa shape index (κ1) is 15.7. The van der Waals surface area contributed by atoms with Gasteiger partial charge < -0.3 is 9.88 Å². The Labute approximate surface area is 129 Å². The summed E-state index contributed by atoms with van der Waals surface area (Å²) in [4.78, 5) is 12.5. The Balaban J connectivity index is 2.24. The molecule has 0 saturated heterocycles. The predicted molar refractivity (Wildman–Crippen MR) is 88.0 cm³/mol. The molecule has 114 valence electrons. The lowest BCUT2D eigenvalue weighted by Crippen LogP contribution is -2.23. The van der Waals surface area contributed by atoms with Crippen LogP contribution in [0.2, 0.25) is 0 Å². The Morgan fingerprint density at radius 3 is 2.90 bits per heavy atom. The van der Waals surface area contributed by atoms with Gasteiger partial charge in [-0.2, -0.15) is 0 Å². The van der Waals surface area contributed by atoms with Crippen LogP contribution in [0.1, 0.15) is 46.1 Å². The number of hydrogen-bond donors (Lipinski definition) is 1. The van der Waals surface area contributed by atoms with E-state index in [1.807, 2.05) is 25.3 Å². The van der Waals surface area contributed by atoms with Crippen LogP contribution < -0.4 is 10.9 Å². The molecule has 0 aromatic carbocycles. The Morgan fingerprint density at radius 1 is 1.38 bits per heavy atom.